The molecule has 1 fully saturated rings. The van der Waals surface area contributed by atoms with Crippen molar-refractivity contribution >= 4 is 11.8 Å². The van der Waals surface area contributed by atoms with Crippen molar-refractivity contribution in [2.24, 2.45) is 5.92 Å². The summed E-state index contributed by atoms with van der Waals surface area (Å²) >= 11 is 0. The third-order valence-corrected chi connectivity index (χ3v) is 7.65. The molecule has 1 saturated heterocycles. The number of hydrogen-bond acceptors (Lipinski definition) is 5. The quantitative estimate of drug-likeness (QED) is 0.641. The van der Waals surface area contributed by atoms with E-state index in [1.165, 1.54) is 34.2 Å². The van der Waals surface area contributed by atoms with Crippen molar-refractivity contribution in [3.05, 3.63) is 64.7 Å². The molecule has 10 heteroatoms. The highest BCUT2D eigenvalue weighted by molar-refractivity contribution is 6.00. The van der Waals surface area contributed by atoms with Crippen LogP contribution < -0.4 is 4.74 Å². The summed E-state index contributed by atoms with van der Waals surface area (Å²) in [5.74, 6) is -2.11. The number of carbonyl (C=O) groups excluding carboxylic acids is 2. The molecule has 5 rings (SSSR count). The molecule has 7 nitrogen and oxygen atoms in total. The molecular weight excluding hydrogens is 499 g/mol. The molecule has 2 unspecified atom stereocenters. The fourth-order valence-corrected chi connectivity index (χ4v) is 5.59. The van der Waals surface area contributed by atoms with Crippen molar-refractivity contribution in [3.8, 4) is 5.75 Å². The van der Waals surface area contributed by atoms with Crippen LogP contribution in [0.2, 0.25) is 0 Å². The Morgan fingerprint density at radius 2 is 1.87 bits per heavy atom. The van der Waals surface area contributed by atoms with Crippen LogP contribution in [0.15, 0.2) is 42.5 Å². The lowest BCUT2D eigenvalue weighted by Gasteiger charge is -2.33. The van der Waals surface area contributed by atoms with Gasteiger partial charge in [-0.05, 0) is 48.6 Å². The van der Waals surface area contributed by atoms with Crippen molar-refractivity contribution in [2.45, 2.75) is 38.1 Å². The monoisotopic (exact) mass is 531 g/mol. The van der Waals surface area contributed by atoms with E-state index in [-0.39, 0.29) is 68.4 Å². The maximum Gasteiger partial charge on any atom is 0.393 e. The number of carbonyl (C=O) groups is 2. The first-order valence-corrected chi connectivity index (χ1v) is 13.1. The second-order valence-corrected chi connectivity index (χ2v) is 10.4. The topological polar surface area (TPSA) is 73.3 Å². The molecule has 2 amide bonds. The van der Waals surface area contributed by atoms with Crippen molar-refractivity contribution in [2.75, 3.05) is 45.9 Å². The van der Waals surface area contributed by atoms with Crippen LogP contribution in [-0.4, -0.2) is 89.8 Å². The molecule has 2 aromatic carbocycles. The van der Waals surface area contributed by atoms with Gasteiger partial charge in [-0.1, -0.05) is 24.3 Å². The highest BCUT2D eigenvalue weighted by Crippen LogP contribution is 2.34. The molecule has 2 atom stereocenters. The number of fused-ring (bicyclic) bond motifs is 2. The van der Waals surface area contributed by atoms with Crippen LogP contribution in [0.25, 0.3) is 0 Å². The second-order valence-electron chi connectivity index (χ2n) is 10.4. The standard InChI is InChI=1S/C28H32F3N3O4/c29-28(30,31)22-6-3-10-33(16-22)26(36)20-7-8-24-25(14-20)38-13-12-34(27(24)37)18-23(35)17-32-11-9-19-4-1-2-5-21(19)15-32/h1-2,4-5,7-8,14,22-23,35H,3,6,9-13,15-18H2. The van der Waals surface area contributed by atoms with Gasteiger partial charge in [-0.15, -0.1) is 0 Å². The first kappa shape index (κ1) is 26.5. The zero-order chi connectivity index (χ0) is 26.9. The number of amides is 2. The molecule has 0 spiro atoms. The average Bonchev–Trinajstić information content (AvgIpc) is 3.05. The van der Waals surface area contributed by atoms with E-state index in [2.05, 4.69) is 17.0 Å². The van der Waals surface area contributed by atoms with Crippen molar-refractivity contribution in [1.82, 2.24) is 14.7 Å². The largest absolute Gasteiger partial charge is 0.491 e. The van der Waals surface area contributed by atoms with Crippen molar-refractivity contribution in [1.29, 1.82) is 0 Å². The Morgan fingerprint density at radius 3 is 2.66 bits per heavy atom. The van der Waals surface area contributed by atoms with Gasteiger partial charge in [0.1, 0.15) is 12.4 Å². The van der Waals surface area contributed by atoms with E-state index in [0.717, 1.165) is 19.5 Å². The van der Waals surface area contributed by atoms with Crippen LogP contribution in [-0.2, 0) is 13.0 Å². The maximum atomic E-state index is 13.3. The fraction of sp³-hybridized carbons (Fsp3) is 0.500. The Balaban J connectivity index is 1.22. The molecule has 3 aliphatic rings. The van der Waals surface area contributed by atoms with Gasteiger partial charge in [0.25, 0.3) is 11.8 Å². The van der Waals surface area contributed by atoms with Crippen molar-refractivity contribution < 1.29 is 32.6 Å². The summed E-state index contributed by atoms with van der Waals surface area (Å²) in [6.07, 6.45) is -3.86. The fourth-order valence-electron chi connectivity index (χ4n) is 5.59. The average molecular weight is 532 g/mol. The van der Waals surface area contributed by atoms with Gasteiger partial charge in [0.05, 0.1) is 24.1 Å². The van der Waals surface area contributed by atoms with E-state index in [1.54, 1.807) is 4.90 Å². The molecule has 2 aromatic rings. The summed E-state index contributed by atoms with van der Waals surface area (Å²) in [5.41, 5.74) is 3.04. The normalized spacial score (nSPS) is 21.3. The number of rotatable bonds is 5. The summed E-state index contributed by atoms with van der Waals surface area (Å²) in [7, 11) is 0. The lowest BCUT2D eigenvalue weighted by atomic mass is 9.96. The lowest BCUT2D eigenvalue weighted by Crippen LogP contribution is -2.44. The van der Waals surface area contributed by atoms with E-state index in [1.807, 2.05) is 12.1 Å². The van der Waals surface area contributed by atoms with E-state index in [9.17, 15) is 27.9 Å². The second kappa shape index (κ2) is 10.9. The Hall–Kier alpha value is -3.11. The Morgan fingerprint density at radius 1 is 1.08 bits per heavy atom. The number of likely N-dealkylation sites (tertiary alicyclic amines) is 1. The number of halogens is 3. The Bertz CT molecular complexity index is 1190. The van der Waals surface area contributed by atoms with Gasteiger partial charge in [-0.25, -0.2) is 0 Å². The van der Waals surface area contributed by atoms with Crippen LogP contribution in [0.4, 0.5) is 13.2 Å². The molecule has 1 N–H and O–H groups in total. The summed E-state index contributed by atoms with van der Waals surface area (Å²) < 4.78 is 45.3. The molecule has 0 bridgehead atoms. The molecule has 0 radical (unpaired) electrons. The minimum atomic E-state index is -4.34. The highest BCUT2D eigenvalue weighted by atomic mass is 19.4. The minimum absolute atomic E-state index is 0.0157. The molecular formula is C28H32F3N3O4. The van der Waals surface area contributed by atoms with Crippen LogP contribution in [0.5, 0.6) is 5.75 Å². The van der Waals surface area contributed by atoms with Gasteiger partial charge in [0.2, 0.25) is 0 Å². The van der Waals surface area contributed by atoms with E-state index in [4.69, 9.17) is 4.74 Å². The number of β-amino-alcohol motifs (C(OH)–C–C–N with tert-alkyl or cyclic N) is 1. The van der Waals surface area contributed by atoms with Crippen LogP contribution in [0.1, 0.15) is 44.7 Å². The van der Waals surface area contributed by atoms with Gasteiger partial charge in [0, 0.05) is 44.8 Å². The summed E-state index contributed by atoms with van der Waals surface area (Å²) in [6, 6.07) is 12.7. The number of ether oxygens (including phenoxy) is 1. The van der Waals surface area contributed by atoms with Crippen LogP contribution in [0, 0.1) is 5.92 Å². The number of piperidine rings is 1. The zero-order valence-corrected chi connectivity index (χ0v) is 21.1. The molecule has 204 valence electrons. The summed E-state index contributed by atoms with van der Waals surface area (Å²) in [5, 5.41) is 10.8. The number of benzene rings is 2. The number of nitrogens with zero attached hydrogens (tertiary/aromatic N) is 3. The lowest BCUT2D eigenvalue weighted by molar-refractivity contribution is -0.184. The zero-order valence-electron chi connectivity index (χ0n) is 21.1. The predicted octanol–water partition coefficient (Wildman–Crippen LogP) is 3.35. The summed E-state index contributed by atoms with van der Waals surface area (Å²) in [4.78, 5) is 31.2. The molecule has 3 aliphatic heterocycles. The van der Waals surface area contributed by atoms with E-state index < -0.39 is 24.1 Å². The van der Waals surface area contributed by atoms with E-state index >= 15 is 0 Å². The number of hydrogen-bond donors (Lipinski definition) is 1. The number of aliphatic hydroxyl groups excluding tert-OH is 1. The first-order chi connectivity index (χ1) is 18.2. The molecule has 0 aliphatic carbocycles. The third kappa shape index (κ3) is 5.81. The van der Waals surface area contributed by atoms with Crippen molar-refractivity contribution in [3.63, 3.8) is 0 Å². The van der Waals surface area contributed by atoms with Crippen LogP contribution >= 0.6 is 0 Å². The Kier molecular flexibility index (Phi) is 7.63. The van der Waals surface area contributed by atoms with Gasteiger partial charge >= 0.3 is 6.18 Å². The maximum absolute atomic E-state index is 13.3. The van der Waals surface area contributed by atoms with Crippen LogP contribution in [0.3, 0.4) is 0 Å². The number of alkyl halides is 3. The van der Waals surface area contributed by atoms with Gasteiger partial charge in [-0.3, -0.25) is 14.5 Å². The first-order valence-electron chi connectivity index (χ1n) is 13.1. The molecule has 0 saturated carbocycles. The minimum Gasteiger partial charge on any atom is -0.491 e. The SMILES string of the molecule is O=C(c1ccc2c(c1)OCCN(CC(O)CN1CCc3ccccc3C1)C2=O)N1CCCC(C(F)(F)F)C1. The van der Waals surface area contributed by atoms with Gasteiger partial charge in [0.15, 0.2) is 0 Å². The van der Waals surface area contributed by atoms with Gasteiger partial charge in [-0.2, -0.15) is 13.2 Å². The smallest absolute Gasteiger partial charge is 0.393 e. The third-order valence-electron chi connectivity index (χ3n) is 7.65. The highest BCUT2D eigenvalue weighted by Gasteiger charge is 2.43. The summed E-state index contributed by atoms with van der Waals surface area (Å²) in [6.45, 7) is 2.53. The molecule has 0 aromatic heterocycles. The Labute approximate surface area is 219 Å². The number of aliphatic hydroxyl groups is 1. The molecule has 3 heterocycles. The molecule has 38 heavy (non-hydrogen) atoms. The van der Waals surface area contributed by atoms with Gasteiger partial charge < -0.3 is 19.6 Å². The predicted molar refractivity (Wildman–Crippen MR) is 134 cm³/mol. The van der Waals surface area contributed by atoms with E-state index in [0.29, 0.717) is 6.54 Å².